The molecule has 0 spiro atoms. The molecule has 0 unspecified atom stereocenters. The first-order valence-corrected chi connectivity index (χ1v) is 7.59. The van der Waals surface area contributed by atoms with Crippen molar-refractivity contribution in [3.05, 3.63) is 46.0 Å². The smallest absolute Gasteiger partial charge is 0.407 e. The van der Waals surface area contributed by atoms with E-state index in [0.29, 0.717) is 22.2 Å². The first kappa shape index (κ1) is 19.0. The molecule has 0 saturated heterocycles. The molecule has 0 aliphatic heterocycles. The van der Waals surface area contributed by atoms with Crippen molar-refractivity contribution in [3.8, 4) is 5.75 Å². The van der Waals surface area contributed by atoms with E-state index in [9.17, 15) is 9.18 Å². The van der Waals surface area contributed by atoms with E-state index in [1.807, 2.05) is 0 Å². The number of rotatable bonds is 5. The molecule has 23 heavy (non-hydrogen) atoms. The van der Waals surface area contributed by atoms with Crippen molar-refractivity contribution >= 4 is 27.7 Å². The van der Waals surface area contributed by atoms with Crippen LogP contribution in [0.2, 0.25) is 0 Å². The molecule has 7 heteroatoms. The second-order valence-corrected chi connectivity index (χ2v) is 6.49. The SMILES string of the molecule is [C-]#[N+]c1ccc(OC/C(=C/F)CNC(=O)OC(C)(C)C)cc1Br. The summed E-state index contributed by atoms with van der Waals surface area (Å²) in [6.45, 7) is 12.1. The van der Waals surface area contributed by atoms with Crippen LogP contribution in [-0.2, 0) is 4.74 Å². The Morgan fingerprint density at radius 2 is 2.17 bits per heavy atom. The summed E-state index contributed by atoms with van der Waals surface area (Å²) in [5.74, 6) is 0.487. The molecule has 1 amide bonds. The van der Waals surface area contributed by atoms with Crippen molar-refractivity contribution in [1.82, 2.24) is 5.32 Å². The van der Waals surface area contributed by atoms with Crippen LogP contribution in [0.15, 0.2) is 34.6 Å². The molecule has 1 aromatic rings. The molecule has 0 fully saturated rings. The number of carbonyl (C=O) groups excluding carboxylic acids is 1. The molecule has 124 valence electrons. The first-order valence-electron chi connectivity index (χ1n) is 6.80. The highest BCUT2D eigenvalue weighted by Gasteiger charge is 2.16. The Kier molecular flexibility index (Phi) is 7.04. The number of nitrogens with zero attached hydrogens (tertiary/aromatic N) is 1. The Labute approximate surface area is 143 Å². The lowest BCUT2D eigenvalue weighted by atomic mass is 10.2. The van der Waals surface area contributed by atoms with Crippen LogP contribution in [0.3, 0.4) is 0 Å². The Morgan fingerprint density at radius 1 is 1.48 bits per heavy atom. The van der Waals surface area contributed by atoms with Gasteiger partial charge in [-0.3, -0.25) is 0 Å². The summed E-state index contributed by atoms with van der Waals surface area (Å²) in [7, 11) is 0. The molecule has 0 radical (unpaired) electrons. The Hall–Kier alpha value is -2.07. The van der Waals surface area contributed by atoms with Gasteiger partial charge in [-0.2, -0.15) is 0 Å². The lowest BCUT2D eigenvalue weighted by Crippen LogP contribution is -2.34. The fourth-order valence-electron chi connectivity index (χ4n) is 1.47. The number of carbonyl (C=O) groups is 1. The summed E-state index contributed by atoms with van der Waals surface area (Å²) < 4.78 is 24.0. The summed E-state index contributed by atoms with van der Waals surface area (Å²) in [4.78, 5) is 14.8. The van der Waals surface area contributed by atoms with Crippen LogP contribution in [-0.4, -0.2) is 24.8 Å². The third-order valence-electron chi connectivity index (χ3n) is 2.48. The number of halogens is 2. The average molecular weight is 385 g/mol. The molecule has 0 aliphatic carbocycles. The minimum Gasteiger partial charge on any atom is -0.489 e. The zero-order valence-electron chi connectivity index (χ0n) is 13.2. The maximum Gasteiger partial charge on any atom is 0.407 e. The highest BCUT2D eigenvalue weighted by atomic mass is 79.9. The lowest BCUT2D eigenvalue weighted by Gasteiger charge is -2.20. The van der Waals surface area contributed by atoms with Gasteiger partial charge in [0, 0.05) is 16.6 Å². The van der Waals surface area contributed by atoms with Gasteiger partial charge < -0.3 is 14.8 Å². The number of ether oxygens (including phenoxy) is 2. The second-order valence-electron chi connectivity index (χ2n) is 5.64. The highest BCUT2D eigenvalue weighted by molar-refractivity contribution is 9.10. The summed E-state index contributed by atoms with van der Waals surface area (Å²) in [5.41, 5.74) is 0.100. The molecule has 0 saturated carbocycles. The Bertz CT molecular complexity index is 633. The fraction of sp³-hybridized carbons (Fsp3) is 0.375. The topological polar surface area (TPSA) is 51.9 Å². The summed E-state index contributed by atoms with van der Waals surface area (Å²) in [5, 5.41) is 2.46. The van der Waals surface area contributed by atoms with Crippen molar-refractivity contribution in [2.45, 2.75) is 26.4 Å². The predicted octanol–water partition coefficient (Wildman–Crippen LogP) is 4.76. The normalized spacial score (nSPS) is 11.6. The largest absolute Gasteiger partial charge is 0.489 e. The van der Waals surface area contributed by atoms with Gasteiger partial charge in [0.15, 0.2) is 0 Å². The number of hydrogen-bond acceptors (Lipinski definition) is 3. The summed E-state index contributed by atoms with van der Waals surface area (Å²) in [6.07, 6.45) is -0.235. The number of nitrogens with one attached hydrogen (secondary N) is 1. The molecule has 0 heterocycles. The van der Waals surface area contributed by atoms with E-state index < -0.39 is 11.7 Å². The van der Waals surface area contributed by atoms with E-state index in [4.69, 9.17) is 16.0 Å². The van der Waals surface area contributed by atoms with Crippen molar-refractivity contribution in [2.24, 2.45) is 0 Å². The van der Waals surface area contributed by atoms with Crippen molar-refractivity contribution in [2.75, 3.05) is 13.2 Å². The third kappa shape index (κ3) is 7.15. The van der Waals surface area contributed by atoms with E-state index in [1.165, 1.54) is 0 Å². The first-order chi connectivity index (χ1) is 10.7. The molecule has 1 aromatic carbocycles. The van der Waals surface area contributed by atoms with Crippen LogP contribution < -0.4 is 10.1 Å². The van der Waals surface area contributed by atoms with E-state index in [1.54, 1.807) is 39.0 Å². The third-order valence-corrected chi connectivity index (χ3v) is 3.11. The van der Waals surface area contributed by atoms with E-state index in [-0.39, 0.29) is 18.7 Å². The van der Waals surface area contributed by atoms with E-state index in [2.05, 4.69) is 26.1 Å². The molecule has 0 aliphatic rings. The number of benzene rings is 1. The Morgan fingerprint density at radius 3 is 2.70 bits per heavy atom. The van der Waals surface area contributed by atoms with Gasteiger partial charge in [-0.05, 0) is 32.9 Å². The van der Waals surface area contributed by atoms with E-state index in [0.717, 1.165) is 0 Å². The van der Waals surface area contributed by atoms with Crippen LogP contribution in [0.1, 0.15) is 20.8 Å². The van der Waals surface area contributed by atoms with Gasteiger partial charge in [-0.25, -0.2) is 14.0 Å². The number of amides is 1. The highest BCUT2D eigenvalue weighted by Crippen LogP contribution is 2.29. The molecular weight excluding hydrogens is 367 g/mol. The van der Waals surface area contributed by atoms with Crippen LogP contribution in [0.5, 0.6) is 5.75 Å². The number of alkyl carbamates (subject to hydrolysis) is 1. The van der Waals surface area contributed by atoms with Crippen LogP contribution in [0, 0.1) is 6.57 Å². The fourth-order valence-corrected chi connectivity index (χ4v) is 1.91. The van der Waals surface area contributed by atoms with Crippen molar-refractivity contribution < 1.29 is 18.7 Å². The van der Waals surface area contributed by atoms with Gasteiger partial charge in [0.2, 0.25) is 5.69 Å². The minimum atomic E-state index is -0.624. The zero-order valence-corrected chi connectivity index (χ0v) is 14.7. The van der Waals surface area contributed by atoms with Crippen LogP contribution >= 0.6 is 15.9 Å². The van der Waals surface area contributed by atoms with Gasteiger partial charge in [-0.15, -0.1) is 0 Å². The molecule has 1 N–H and O–H groups in total. The van der Waals surface area contributed by atoms with Gasteiger partial charge >= 0.3 is 6.09 Å². The van der Waals surface area contributed by atoms with Crippen LogP contribution in [0.25, 0.3) is 4.85 Å². The Balaban J connectivity index is 2.50. The minimum absolute atomic E-state index is 0.0211. The molecule has 0 bridgehead atoms. The lowest BCUT2D eigenvalue weighted by molar-refractivity contribution is 0.0531. The van der Waals surface area contributed by atoms with E-state index >= 15 is 0 Å². The zero-order chi connectivity index (χ0) is 17.5. The average Bonchev–Trinajstić information content (AvgIpc) is 2.45. The standard InChI is InChI=1S/C16H18BrFN2O3/c1-16(2,3)23-15(21)20-9-11(8-18)10-22-12-5-6-14(19-4)13(17)7-12/h5-8H,9-10H2,1-3H3,(H,20,21)/b11-8+. The summed E-state index contributed by atoms with van der Waals surface area (Å²) >= 11 is 3.25. The molecular formula is C16H18BrFN2O3. The maximum atomic E-state index is 12.9. The molecule has 5 nitrogen and oxygen atoms in total. The monoisotopic (exact) mass is 384 g/mol. The molecule has 0 atom stereocenters. The van der Waals surface area contributed by atoms with Crippen molar-refractivity contribution in [1.29, 1.82) is 0 Å². The van der Waals surface area contributed by atoms with Crippen LogP contribution in [0.4, 0.5) is 14.9 Å². The molecule has 0 aromatic heterocycles. The second kappa shape index (κ2) is 8.53. The van der Waals surface area contributed by atoms with Crippen molar-refractivity contribution in [3.63, 3.8) is 0 Å². The summed E-state index contributed by atoms with van der Waals surface area (Å²) in [6, 6.07) is 4.85. The van der Waals surface area contributed by atoms with Gasteiger partial charge in [0.1, 0.15) is 18.0 Å². The van der Waals surface area contributed by atoms with Gasteiger partial charge in [0.25, 0.3) is 0 Å². The maximum absolute atomic E-state index is 12.9. The van der Waals surface area contributed by atoms with Gasteiger partial charge in [-0.1, -0.05) is 22.0 Å². The quantitative estimate of drug-likeness (QED) is 0.744. The van der Waals surface area contributed by atoms with Gasteiger partial charge in [0.05, 0.1) is 12.9 Å². The predicted molar refractivity (Wildman–Crippen MR) is 89.3 cm³/mol. The molecule has 1 rings (SSSR count). The number of hydrogen-bond donors (Lipinski definition) is 1.